The molecule has 1 N–H and O–H groups in total. The second-order valence-electron chi connectivity index (χ2n) is 6.06. The first-order valence-corrected chi connectivity index (χ1v) is 8.41. The zero-order valence-corrected chi connectivity index (χ0v) is 14.3. The van der Waals surface area contributed by atoms with E-state index in [0.29, 0.717) is 12.3 Å². The van der Waals surface area contributed by atoms with Crippen LogP contribution in [-0.2, 0) is 0 Å². The van der Waals surface area contributed by atoms with Crippen LogP contribution in [0.2, 0.25) is 0 Å². The lowest BCUT2D eigenvalue weighted by Crippen LogP contribution is -2.49. The fraction of sp³-hybridized carbons (Fsp3) is 0.412. The highest BCUT2D eigenvalue weighted by Crippen LogP contribution is 2.19. The number of hydrogen-bond acceptors (Lipinski definition) is 8. The Labute approximate surface area is 151 Å². The van der Waals surface area contributed by atoms with Crippen molar-refractivity contribution in [1.29, 1.82) is 0 Å². The van der Waals surface area contributed by atoms with Gasteiger partial charge in [-0.3, -0.25) is 15.0 Å². The van der Waals surface area contributed by atoms with Crippen molar-refractivity contribution >= 4 is 11.6 Å². The van der Waals surface area contributed by atoms with Gasteiger partial charge in [0, 0.05) is 51.2 Å². The second kappa shape index (κ2) is 8.54. The summed E-state index contributed by atoms with van der Waals surface area (Å²) in [5, 5.41) is 20.9. The molecular formula is C17H21N5O4. The molecule has 26 heavy (non-hydrogen) atoms. The molecule has 9 nitrogen and oxygen atoms in total. The normalized spacial score (nSPS) is 16.3. The van der Waals surface area contributed by atoms with Crippen LogP contribution in [0.1, 0.15) is 0 Å². The maximum Gasteiger partial charge on any atom is 0.273 e. The Morgan fingerprint density at radius 1 is 1.19 bits per heavy atom. The summed E-state index contributed by atoms with van der Waals surface area (Å²) >= 11 is 0. The Morgan fingerprint density at radius 3 is 2.62 bits per heavy atom. The summed E-state index contributed by atoms with van der Waals surface area (Å²) in [6.45, 7) is 3.75. The quantitative estimate of drug-likeness (QED) is 0.575. The van der Waals surface area contributed by atoms with Crippen LogP contribution >= 0.6 is 0 Å². The lowest BCUT2D eigenvalue weighted by Gasteiger charge is -2.35. The number of nitro groups is 1. The van der Waals surface area contributed by atoms with Gasteiger partial charge in [0.2, 0.25) is 5.95 Å². The van der Waals surface area contributed by atoms with E-state index in [4.69, 9.17) is 4.74 Å². The number of non-ortho nitro benzene ring substituents is 1. The third kappa shape index (κ3) is 4.87. The average molecular weight is 359 g/mol. The van der Waals surface area contributed by atoms with Crippen molar-refractivity contribution < 1.29 is 14.8 Å². The van der Waals surface area contributed by atoms with Gasteiger partial charge in [0.15, 0.2) is 0 Å². The van der Waals surface area contributed by atoms with E-state index < -0.39 is 11.0 Å². The van der Waals surface area contributed by atoms with E-state index in [9.17, 15) is 15.2 Å². The van der Waals surface area contributed by atoms with Crippen LogP contribution in [0.25, 0.3) is 0 Å². The molecular weight excluding hydrogens is 338 g/mol. The molecule has 1 unspecified atom stereocenters. The van der Waals surface area contributed by atoms with Crippen LogP contribution in [0.3, 0.4) is 0 Å². The van der Waals surface area contributed by atoms with E-state index in [2.05, 4.69) is 19.8 Å². The van der Waals surface area contributed by atoms with Crippen LogP contribution in [-0.4, -0.2) is 70.3 Å². The van der Waals surface area contributed by atoms with E-state index in [1.807, 2.05) is 0 Å². The minimum Gasteiger partial charge on any atom is -0.491 e. The third-order valence-corrected chi connectivity index (χ3v) is 4.15. The molecule has 1 aliphatic heterocycles. The van der Waals surface area contributed by atoms with Gasteiger partial charge in [-0.15, -0.1) is 0 Å². The number of rotatable bonds is 7. The summed E-state index contributed by atoms with van der Waals surface area (Å²) in [7, 11) is 0. The standard InChI is InChI=1S/C17H21N5O4/c23-15(13-26-16-4-1-3-14(11-16)22(24)25)12-20-7-9-21(10-8-20)17-18-5-2-6-19-17/h1-6,11,15,23H,7-10,12-13H2. The summed E-state index contributed by atoms with van der Waals surface area (Å²) in [6, 6.07) is 7.74. The number of ether oxygens (including phenoxy) is 1. The molecule has 0 spiro atoms. The molecule has 138 valence electrons. The van der Waals surface area contributed by atoms with Gasteiger partial charge in [-0.2, -0.15) is 0 Å². The number of aliphatic hydroxyl groups excluding tert-OH is 1. The Balaban J connectivity index is 1.42. The van der Waals surface area contributed by atoms with Gasteiger partial charge in [0.05, 0.1) is 11.0 Å². The summed E-state index contributed by atoms with van der Waals surface area (Å²) in [5.41, 5.74) is -0.0313. The molecule has 1 fully saturated rings. The number of nitro benzene ring substituents is 1. The van der Waals surface area contributed by atoms with Crippen LogP contribution in [0.4, 0.5) is 11.6 Å². The van der Waals surface area contributed by atoms with Crippen molar-refractivity contribution in [3.8, 4) is 5.75 Å². The molecule has 3 rings (SSSR count). The fourth-order valence-corrected chi connectivity index (χ4v) is 2.81. The zero-order chi connectivity index (χ0) is 18.4. The summed E-state index contributed by atoms with van der Waals surface area (Å²) < 4.78 is 5.48. The molecule has 0 amide bonds. The van der Waals surface area contributed by atoms with Gasteiger partial charge in [0.1, 0.15) is 18.5 Å². The maximum absolute atomic E-state index is 10.8. The monoisotopic (exact) mass is 359 g/mol. The van der Waals surface area contributed by atoms with Crippen molar-refractivity contribution in [2.75, 3.05) is 44.2 Å². The minimum atomic E-state index is -0.672. The van der Waals surface area contributed by atoms with Gasteiger partial charge in [-0.25, -0.2) is 9.97 Å². The number of β-amino-alcohol motifs (C(OH)–C–C–N with tert-alkyl or cyclic N) is 1. The SMILES string of the molecule is O=[N+]([O-])c1cccc(OCC(O)CN2CCN(c3ncccn3)CC2)c1. The maximum atomic E-state index is 10.8. The second-order valence-corrected chi connectivity index (χ2v) is 6.06. The molecule has 0 aliphatic carbocycles. The van der Waals surface area contributed by atoms with Crippen LogP contribution in [0.5, 0.6) is 5.75 Å². The summed E-state index contributed by atoms with van der Waals surface area (Å²) in [4.78, 5) is 23.1. The van der Waals surface area contributed by atoms with Crippen molar-refractivity contribution in [1.82, 2.24) is 14.9 Å². The van der Waals surface area contributed by atoms with Gasteiger partial charge < -0.3 is 14.7 Å². The van der Waals surface area contributed by atoms with E-state index in [0.717, 1.165) is 32.1 Å². The topological polar surface area (TPSA) is 105 Å². The highest BCUT2D eigenvalue weighted by atomic mass is 16.6. The number of hydrogen-bond donors (Lipinski definition) is 1. The number of anilines is 1. The zero-order valence-electron chi connectivity index (χ0n) is 14.3. The lowest BCUT2D eigenvalue weighted by atomic mass is 10.2. The molecule has 0 radical (unpaired) electrons. The van der Waals surface area contributed by atoms with Crippen molar-refractivity contribution in [3.05, 3.63) is 52.8 Å². The molecule has 2 heterocycles. The Bertz CT molecular complexity index is 722. The minimum absolute atomic E-state index is 0.0313. The Morgan fingerprint density at radius 2 is 1.92 bits per heavy atom. The molecule has 1 atom stereocenters. The first kappa shape index (κ1) is 18.0. The van der Waals surface area contributed by atoms with Gasteiger partial charge >= 0.3 is 0 Å². The average Bonchev–Trinajstić information content (AvgIpc) is 2.68. The molecule has 2 aromatic rings. The predicted molar refractivity (Wildman–Crippen MR) is 95.3 cm³/mol. The van der Waals surface area contributed by atoms with E-state index >= 15 is 0 Å². The number of benzene rings is 1. The fourth-order valence-electron chi connectivity index (χ4n) is 2.81. The predicted octanol–water partition coefficient (Wildman–Crippen LogP) is 0.947. The Hall–Kier alpha value is -2.78. The molecule has 0 saturated carbocycles. The van der Waals surface area contributed by atoms with E-state index in [-0.39, 0.29) is 12.3 Å². The molecule has 0 bridgehead atoms. The summed E-state index contributed by atoms with van der Waals surface area (Å²) in [5.74, 6) is 1.10. The van der Waals surface area contributed by atoms with Gasteiger partial charge in [-0.05, 0) is 12.1 Å². The van der Waals surface area contributed by atoms with Gasteiger partial charge in [0.25, 0.3) is 5.69 Å². The van der Waals surface area contributed by atoms with Crippen molar-refractivity contribution in [3.63, 3.8) is 0 Å². The van der Waals surface area contributed by atoms with Crippen molar-refractivity contribution in [2.45, 2.75) is 6.10 Å². The van der Waals surface area contributed by atoms with Gasteiger partial charge in [-0.1, -0.05) is 6.07 Å². The van der Waals surface area contributed by atoms with E-state index in [1.165, 1.54) is 12.1 Å². The number of aliphatic hydroxyl groups is 1. The lowest BCUT2D eigenvalue weighted by molar-refractivity contribution is -0.384. The molecule has 1 aromatic carbocycles. The number of nitrogens with zero attached hydrogens (tertiary/aromatic N) is 5. The third-order valence-electron chi connectivity index (χ3n) is 4.15. The largest absolute Gasteiger partial charge is 0.491 e. The molecule has 9 heteroatoms. The first-order chi connectivity index (χ1) is 12.6. The molecule has 1 saturated heterocycles. The number of aromatic nitrogens is 2. The van der Waals surface area contributed by atoms with Crippen LogP contribution in [0, 0.1) is 10.1 Å². The Kier molecular flexibility index (Phi) is 5.92. The summed E-state index contributed by atoms with van der Waals surface area (Å²) in [6.07, 6.45) is 2.78. The van der Waals surface area contributed by atoms with Crippen LogP contribution in [0.15, 0.2) is 42.7 Å². The van der Waals surface area contributed by atoms with Crippen LogP contribution < -0.4 is 9.64 Å². The molecule has 1 aromatic heterocycles. The smallest absolute Gasteiger partial charge is 0.273 e. The number of piperazine rings is 1. The highest BCUT2D eigenvalue weighted by molar-refractivity contribution is 5.37. The molecule has 1 aliphatic rings. The van der Waals surface area contributed by atoms with E-state index in [1.54, 1.807) is 30.6 Å². The van der Waals surface area contributed by atoms with Crippen molar-refractivity contribution in [2.24, 2.45) is 0 Å². The highest BCUT2D eigenvalue weighted by Gasteiger charge is 2.21. The first-order valence-electron chi connectivity index (χ1n) is 8.41.